The van der Waals surface area contributed by atoms with Gasteiger partial charge in [0.15, 0.2) is 0 Å². The Bertz CT molecular complexity index is 574. The van der Waals surface area contributed by atoms with Crippen molar-refractivity contribution in [2.24, 2.45) is 5.92 Å². The Kier molecular flexibility index (Phi) is 3.98. The maximum Gasteiger partial charge on any atom is 0.322 e. The molecule has 2 aliphatic heterocycles. The van der Waals surface area contributed by atoms with Gasteiger partial charge in [-0.1, -0.05) is 11.6 Å². The lowest BCUT2D eigenvalue weighted by Gasteiger charge is -2.27. The van der Waals surface area contributed by atoms with E-state index in [1.165, 1.54) is 0 Å². The van der Waals surface area contributed by atoms with Gasteiger partial charge in [-0.05, 0) is 18.2 Å². The molecule has 1 aromatic rings. The van der Waals surface area contributed by atoms with Gasteiger partial charge >= 0.3 is 6.03 Å². The molecule has 0 radical (unpaired) electrons. The summed E-state index contributed by atoms with van der Waals surface area (Å²) in [6.07, 6.45) is 0. The van der Waals surface area contributed by atoms with Gasteiger partial charge in [-0.15, -0.1) is 0 Å². The van der Waals surface area contributed by atoms with Crippen LogP contribution in [0.15, 0.2) is 18.2 Å². The summed E-state index contributed by atoms with van der Waals surface area (Å²) in [5.74, 6) is 0.365. The van der Waals surface area contributed by atoms with Gasteiger partial charge < -0.3 is 16.0 Å². The van der Waals surface area contributed by atoms with Crippen molar-refractivity contribution in [2.45, 2.75) is 0 Å². The second kappa shape index (κ2) is 5.91. The minimum atomic E-state index is -0.185. The molecule has 21 heavy (non-hydrogen) atoms. The summed E-state index contributed by atoms with van der Waals surface area (Å²) in [6.45, 7) is 3.69. The number of hydrogen-bond donors (Lipinski definition) is 3. The molecule has 0 unspecified atom stereocenters. The number of hydrogen-bond acceptors (Lipinski definition) is 3. The Morgan fingerprint density at radius 2 is 2.24 bits per heavy atom. The summed E-state index contributed by atoms with van der Waals surface area (Å²) in [5, 5.41) is 9.26. The van der Waals surface area contributed by atoms with E-state index in [2.05, 4.69) is 16.0 Å². The molecule has 0 spiro atoms. The van der Waals surface area contributed by atoms with E-state index in [1.54, 1.807) is 23.1 Å². The zero-order valence-electron chi connectivity index (χ0n) is 11.5. The van der Waals surface area contributed by atoms with Crippen molar-refractivity contribution in [3.63, 3.8) is 0 Å². The normalized spacial score (nSPS) is 18.3. The van der Waals surface area contributed by atoms with Crippen LogP contribution < -0.4 is 20.9 Å². The number of carbonyl (C=O) groups is 2. The van der Waals surface area contributed by atoms with Crippen molar-refractivity contribution in [1.82, 2.24) is 16.0 Å². The van der Waals surface area contributed by atoms with Crippen LogP contribution in [0.2, 0.25) is 5.02 Å². The molecule has 3 amide bonds. The molecule has 0 aromatic heterocycles. The zero-order chi connectivity index (χ0) is 14.8. The third-order valence-electron chi connectivity index (χ3n) is 3.77. The highest BCUT2D eigenvalue weighted by Gasteiger charge is 2.24. The Labute approximate surface area is 127 Å². The highest BCUT2D eigenvalue weighted by Crippen LogP contribution is 2.28. The average Bonchev–Trinajstić information content (AvgIpc) is 2.83. The SMILES string of the molecule is O=C(NCC1CNC1)c1ccc(Cl)c(N2CCNC2=O)c1. The molecule has 0 saturated carbocycles. The lowest BCUT2D eigenvalue weighted by molar-refractivity contribution is 0.0942. The minimum Gasteiger partial charge on any atom is -0.352 e. The van der Waals surface area contributed by atoms with Gasteiger partial charge in [0.1, 0.15) is 0 Å². The number of nitrogens with one attached hydrogen (secondary N) is 3. The van der Waals surface area contributed by atoms with E-state index in [0.717, 1.165) is 13.1 Å². The van der Waals surface area contributed by atoms with Gasteiger partial charge in [-0.3, -0.25) is 9.69 Å². The Balaban J connectivity index is 1.73. The third-order valence-corrected chi connectivity index (χ3v) is 4.09. The number of rotatable bonds is 4. The maximum absolute atomic E-state index is 12.2. The van der Waals surface area contributed by atoms with E-state index in [1.807, 2.05) is 0 Å². The third kappa shape index (κ3) is 2.96. The van der Waals surface area contributed by atoms with E-state index < -0.39 is 0 Å². The Morgan fingerprint density at radius 1 is 1.43 bits per heavy atom. The predicted octanol–water partition coefficient (Wildman–Crippen LogP) is 0.819. The molecule has 1 aromatic carbocycles. The van der Waals surface area contributed by atoms with Crippen LogP contribution in [-0.4, -0.2) is 44.7 Å². The van der Waals surface area contributed by atoms with Gasteiger partial charge in [0.2, 0.25) is 0 Å². The van der Waals surface area contributed by atoms with Crippen molar-refractivity contribution < 1.29 is 9.59 Å². The number of amides is 3. The van der Waals surface area contributed by atoms with Crippen LogP contribution in [0.1, 0.15) is 10.4 Å². The number of urea groups is 1. The summed E-state index contributed by atoms with van der Waals surface area (Å²) in [7, 11) is 0. The fourth-order valence-corrected chi connectivity index (χ4v) is 2.61. The first-order chi connectivity index (χ1) is 10.1. The van der Waals surface area contributed by atoms with Crippen molar-refractivity contribution in [3.05, 3.63) is 28.8 Å². The van der Waals surface area contributed by atoms with Gasteiger partial charge in [-0.25, -0.2) is 4.79 Å². The molecule has 2 heterocycles. The molecule has 3 rings (SSSR count). The van der Waals surface area contributed by atoms with Crippen molar-refractivity contribution in [1.29, 1.82) is 0 Å². The number of halogens is 1. The first kappa shape index (κ1) is 14.2. The molecular weight excluding hydrogens is 292 g/mol. The van der Waals surface area contributed by atoms with Crippen LogP contribution in [0.5, 0.6) is 0 Å². The molecule has 0 atom stereocenters. The molecule has 0 bridgehead atoms. The standard InChI is InChI=1S/C14H17ClN4O2/c15-11-2-1-10(13(20)18-8-9-6-16-7-9)5-12(11)19-4-3-17-14(19)21/h1-2,5,9,16H,3-4,6-8H2,(H,17,21)(H,18,20). The molecule has 7 heteroatoms. The van der Waals surface area contributed by atoms with Crippen molar-refractivity contribution >= 4 is 29.2 Å². The lowest BCUT2D eigenvalue weighted by atomic mass is 10.0. The first-order valence-corrected chi connectivity index (χ1v) is 7.37. The lowest BCUT2D eigenvalue weighted by Crippen LogP contribution is -2.48. The van der Waals surface area contributed by atoms with Crippen LogP contribution in [0.4, 0.5) is 10.5 Å². The van der Waals surface area contributed by atoms with Crippen LogP contribution in [-0.2, 0) is 0 Å². The summed E-state index contributed by atoms with van der Waals surface area (Å²) in [6, 6.07) is 4.81. The molecule has 2 aliphatic rings. The topological polar surface area (TPSA) is 73.5 Å². The fourth-order valence-electron chi connectivity index (χ4n) is 2.39. The first-order valence-electron chi connectivity index (χ1n) is 6.99. The number of anilines is 1. The second-order valence-electron chi connectivity index (χ2n) is 5.28. The van der Waals surface area contributed by atoms with Gasteiger partial charge in [-0.2, -0.15) is 0 Å². The minimum absolute atomic E-state index is 0.139. The van der Waals surface area contributed by atoms with E-state index >= 15 is 0 Å². The van der Waals surface area contributed by atoms with Crippen LogP contribution in [0, 0.1) is 5.92 Å². The molecule has 2 saturated heterocycles. The highest BCUT2D eigenvalue weighted by atomic mass is 35.5. The van der Waals surface area contributed by atoms with Crippen molar-refractivity contribution in [3.8, 4) is 0 Å². The largest absolute Gasteiger partial charge is 0.352 e. The maximum atomic E-state index is 12.2. The monoisotopic (exact) mass is 308 g/mol. The molecule has 112 valence electrons. The highest BCUT2D eigenvalue weighted by molar-refractivity contribution is 6.34. The van der Waals surface area contributed by atoms with E-state index in [9.17, 15) is 9.59 Å². The Hall–Kier alpha value is -1.79. The summed E-state index contributed by atoms with van der Waals surface area (Å²) < 4.78 is 0. The second-order valence-corrected chi connectivity index (χ2v) is 5.69. The summed E-state index contributed by atoms with van der Waals surface area (Å²) in [4.78, 5) is 25.4. The van der Waals surface area contributed by atoms with Crippen molar-refractivity contribution in [2.75, 3.05) is 37.6 Å². The Morgan fingerprint density at radius 3 is 2.86 bits per heavy atom. The number of benzene rings is 1. The molecular formula is C14H17ClN4O2. The van der Waals surface area contributed by atoms with E-state index in [-0.39, 0.29) is 11.9 Å². The summed E-state index contributed by atoms with van der Waals surface area (Å²) >= 11 is 6.14. The van der Waals surface area contributed by atoms with E-state index in [4.69, 9.17) is 11.6 Å². The zero-order valence-corrected chi connectivity index (χ0v) is 12.2. The van der Waals surface area contributed by atoms with Crippen LogP contribution >= 0.6 is 11.6 Å². The number of nitrogens with zero attached hydrogens (tertiary/aromatic N) is 1. The molecule has 2 fully saturated rings. The molecule has 6 nitrogen and oxygen atoms in total. The molecule has 3 N–H and O–H groups in total. The fraction of sp³-hybridized carbons (Fsp3) is 0.429. The summed E-state index contributed by atoms with van der Waals surface area (Å²) in [5.41, 5.74) is 1.09. The smallest absolute Gasteiger partial charge is 0.322 e. The number of carbonyl (C=O) groups excluding carboxylic acids is 2. The molecule has 0 aliphatic carbocycles. The van der Waals surface area contributed by atoms with E-state index in [0.29, 0.717) is 41.8 Å². The quantitative estimate of drug-likeness (QED) is 0.771. The van der Waals surface area contributed by atoms with Crippen LogP contribution in [0.3, 0.4) is 0 Å². The van der Waals surface area contributed by atoms with Crippen LogP contribution in [0.25, 0.3) is 0 Å². The van der Waals surface area contributed by atoms with Gasteiger partial charge in [0.05, 0.1) is 10.7 Å². The predicted molar refractivity (Wildman–Crippen MR) is 80.9 cm³/mol. The van der Waals surface area contributed by atoms with Gasteiger partial charge in [0, 0.05) is 44.2 Å². The average molecular weight is 309 g/mol. The van der Waals surface area contributed by atoms with Gasteiger partial charge in [0.25, 0.3) is 5.91 Å².